The first-order valence-electron chi connectivity index (χ1n) is 5.38. The van der Waals surface area contributed by atoms with Crippen LogP contribution < -0.4 is 5.19 Å². The molecule has 15 heavy (non-hydrogen) atoms. The highest BCUT2D eigenvalue weighted by molar-refractivity contribution is 6.91. The first kappa shape index (κ1) is 12.2. The summed E-state index contributed by atoms with van der Waals surface area (Å²) in [4.78, 5) is 0. The minimum atomic E-state index is -1.68. The maximum absolute atomic E-state index is 9.58. The molecule has 82 valence electrons. The Bertz CT molecular complexity index is 328. The predicted octanol–water partition coefficient (Wildman–Crippen LogP) is 2.47. The van der Waals surface area contributed by atoms with Gasteiger partial charge < -0.3 is 5.11 Å². The summed E-state index contributed by atoms with van der Waals surface area (Å²) in [7, 11) is -1.68. The Hall–Kier alpha value is -0.863. The third-order valence-electron chi connectivity index (χ3n) is 2.78. The van der Waals surface area contributed by atoms with Crippen LogP contribution in [0.15, 0.2) is 42.0 Å². The van der Waals surface area contributed by atoms with Gasteiger partial charge in [0.05, 0.1) is 0 Å². The molecule has 0 saturated carbocycles. The minimum Gasteiger partial charge on any atom is -0.399 e. The largest absolute Gasteiger partial charge is 0.399 e. The van der Waals surface area contributed by atoms with Gasteiger partial charge in [-0.15, -0.1) is 0 Å². The molecule has 0 saturated heterocycles. The summed E-state index contributed by atoms with van der Waals surface area (Å²) in [5.41, 5.74) is 1.33. The fraction of sp³-hybridized carbons (Fsp3) is 0.385. The van der Waals surface area contributed by atoms with Gasteiger partial charge in [-0.25, -0.2) is 0 Å². The molecule has 0 aliphatic carbocycles. The highest BCUT2D eigenvalue weighted by atomic mass is 28.3. The normalized spacial score (nSPS) is 14.4. The number of hydrogen-bond acceptors (Lipinski definition) is 1. The molecule has 0 fully saturated rings. The van der Waals surface area contributed by atoms with E-state index < -0.39 is 8.07 Å². The number of aliphatic hydroxyl groups is 1. The van der Waals surface area contributed by atoms with E-state index in [1.165, 1.54) is 10.8 Å². The Morgan fingerprint density at radius 2 is 1.87 bits per heavy atom. The highest BCUT2D eigenvalue weighted by Crippen LogP contribution is 2.11. The summed E-state index contributed by atoms with van der Waals surface area (Å²) in [6.07, 6.45) is 2.57. The molecule has 0 aliphatic heterocycles. The van der Waals surface area contributed by atoms with E-state index in [0.717, 1.165) is 6.04 Å². The van der Waals surface area contributed by atoms with E-state index in [1.807, 2.05) is 6.07 Å². The van der Waals surface area contributed by atoms with E-state index in [9.17, 15) is 5.11 Å². The zero-order valence-corrected chi connectivity index (χ0v) is 10.8. The van der Waals surface area contributed by atoms with Crippen LogP contribution in [0.5, 0.6) is 0 Å². The van der Waals surface area contributed by atoms with Gasteiger partial charge in [0.2, 0.25) is 0 Å². The molecule has 1 aromatic rings. The van der Waals surface area contributed by atoms with Crippen LogP contribution in [0.2, 0.25) is 12.6 Å². The van der Waals surface area contributed by atoms with E-state index in [0.29, 0.717) is 6.23 Å². The molecule has 1 nitrogen and oxygen atoms in total. The minimum absolute atomic E-state index is 0.320. The van der Waals surface area contributed by atoms with Crippen molar-refractivity contribution >= 4 is 13.3 Å². The lowest BCUT2D eigenvalue weighted by molar-refractivity contribution is 0.359. The van der Waals surface area contributed by atoms with Gasteiger partial charge in [-0.1, -0.05) is 53.7 Å². The smallest absolute Gasteiger partial charge is 0.115 e. The van der Waals surface area contributed by atoms with E-state index in [4.69, 9.17) is 0 Å². The lowest BCUT2D eigenvalue weighted by Crippen LogP contribution is -2.48. The van der Waals surface area contributed by atoms with Gasteiger partial charge in [-0.2, -0.15) is 0 Å². The fourth-order valence-corrected chi connectivity index (χ4v) is 3.95. The zero-order valence-electron chi connectivity index (χ0n) is 9.83. The predicted molar refractivity (Wildman–Crippen MR) is 69.0 cm³/mol. The number of hydrogen-bond donors (Lipinski definition) is 1. The first-order valence-corrected chi connectivity index (χ1v) is 8.30. The second kappa shape index (κ2) is 5.28. The molecule has 0 spiro atoms. The highest BCUT2D eigenvalue weighted by Gasteiger charge is 2.27. The molecule has 0 aliphatic rings. The summed E-state index contributed by atoms with van der Waals surface area (Å²) in [5, 5.41) is 10.9. The molecular formula is C13H20OSi. The van der Waals surface area contributed by atoms with Crippen molar-refractivity contribution in [2.75, 3.05) is 6.23 Å². The van der Waals surface area contributed by atoms with Gasteiger partial charge in [0.25, 0.3) is 0 Å². The Morgan fingerprint density at radius 3 is 2.33 bits per heavy atom. The van der Waals surface area contributed by atoms with Crippen molar-refractivity contribution in [2.45, 2.75) is 26.4 Å². The average molecular weight is 220 g/mol. The van der Waals surface area contributed by atoms with E-state index in [1.54, 1.807) is 0 Å². The number of aliphatic hydroxyl groups excluding tert-OH is 1. The number of allylic oxidation sites excluding steroid dienone is 2. The summed E-state index contributed by atoms with van der Waals surface area (Å²) < 4.78 is 0. The van der Waals surface area contributed by atoms with E-state index in [2.05, 4.69) is 50.7 Å². The molecule has 1 rings (SSSR count). The van der Waals surface area contributed by atoms with Crippen LogP contribution in [0.1, 0.15) is 13.8 Å². The van der Waals surface area contributed by atoms with Crippen molar-refractivity contribution in [3.05, 3.63) is 42.0 Å². The third-order valence-corrected chi connectivity index (χ3v) is 6.31. The van der Waals surface area contributed by atoms with Crippen LogP contribution in [0.4, 0.5) is 0 Å². The van der Waals surface area contributed by atoms with Crippen LogP contribution in [-0.2, 0) is 0 Å². The Morgan fingerprint density at radius 1 is 1.27 bits per heavy atom. The second-order valence-electron chi connectivity index (χ2n) is 4.57. The fourth-order valence-electron chi connectivity index (χ4n) is 1.54. The second-order valence-corrected chi connectivity index (χ2v) is 8.99. The molecule has 0 heterocycles. The standard InChI is InChI=1S/C13H20OSi/c1-12(2)9-10-15(3,11-14)13-7-5-4-6-8-13/h4-9,14H,10-11H2,1-3H3. The van der Waals surface area contributed by atoms with E-state index >= 15 is 0 Å². The van der Waals surface area contributed by atoms with Gasteiger partial charge in [0.15, 0.2) is 0 Å². The van der Waals surface area contributed by atoms with Crippen molar-refractivity contribution in [1.82, 2.24) is 0 Å². The zero-order chi connectivity index (χ0) is 11.3. The molecule has 0 radical (unpaired) electrons. The lowest BCUT2D eigenvalue weighted by atomic mass is 10.3. The molecule has 1 N–H and O–H groups in total. The Balaban J connectivity index is 2.90. The third kappa shape index (κ3) is 3.32. The molecule has 1 atom stereocenters. The van der Waals surface area contributed by atoms with Crippen molar-refractivity contribution < 1.29 is 5.11 Å². The molecule has 2 heteroatoms. The summed E-state index contributed by atoms with van der Waals surface area (Å²) in [6, 6.07) is 11.4. The van der Waals surface area contributed by atoms with Crippen LogP contribution in [-0.4, -0.2) is 19.4 Å². The molecule has 1 unspecified atom stereocenters. The van der Waals surface area contributed by atoms with Crippen LogP contribution >= 0.6 is 0 Å². The summed E-state index contributed by atoms with van der Waals surface area (Å²) in [5.74, 6) is 0. The van der Waals surface area contributed by atoms with Crippen molar-refractivity contribution in [3.63, 3.8) is 0 Å². The molecule has 1 aromatic carbocycles. The van der Waals surface area contributed by atoms with Crippen molar-refractivity contribution in [1.29, 1.82) is 0 Å². The van der Waals surface area contributed by atoms with Crippen LogP contribution in [0, 0.1) is 0 Å². The van der Waals surface area contributed by atoms with Crippen molar-refractivity contribution in [2.24, 2.45) is 0 Å². The SMILES string of the molecule is CC(C)=CC[Si](C)(CO)c1ccccc1. The van der Waals surface area contributed by atoms with Crippen molar-refractivity contribution in [3.8, 4) is 0 Å². The van der Waals surface area contributed by atoms with E-state index in [-0.39, 0.29) is 0 Å². The van der Waals surface area contributed by atoms with Gasteiger partial charge >= 0.3 is 0 Å². The average Bonchev–Trinajstić information content (AvgIpc) is 2.27. The monoisotopic (exact) mass is 220 g/mol. The Kier molecular flexibility index (Phi) is 4.30. The quantitative estimate of drug-likeness (QED) is 0.610. The van der Waals surface area contributed by atoms with Crippen LogP contribution in [0.25, 0.3) is 0 Å². The van der Waals surface area contributed by atoms with Gasteiger partial charge in [-0.3, -0.25) is 0 Å². The van der Waals surface area contributed by atoms with Gasteiger partial charge in [0, 0.05) is 6.23 Å². The molecule has 0 aromatic heterocycles. The number of rotatable bonds is 4. The lowest BCUT2D eigenvalue weighted by Gasteiger charge is -2.24. The molecule has 0 amide bonds. The topological polar surface area (TPSA) is 20.2 Å². The maximum Gasteiger partial charge on any atom is 0.115 e. The van der Waals surface area contributed by atoms with Gasteiger partial charge in [0.1, 0.15) is 8.07 Å². The molecular weight excluding hydrogens is 200 g/mol. The summed E-state index contributed by atoms with van der Waals surface area (Å²) >= 11 is 0. The number of benzene rings is 1. The summed E-state index contributed by atoms with van der Waals surface area (Å²) in [6.45, 7) is 6.45. The molecule has 0 bridgehead atoms. The van der Waals surface area contributed by atoms with Gasteiger partial charge in [-0.05, 0) is 19.9 Å². The Labute approximate surface area is 93.5 Å². The van der Waals surface area contributed by atoms with Crippen LogP contribution in [0.3, 0.4) is 0 Å². The maximum atomic E-state index is 9.58. The first-order chi connectivity index (χ1) is 7.08.